The molecule has 2 aliphatic rings. The molecule has 0 unspecified atom stereocenters. The van der Waals surface area contributed by atoms with Gasteiger partial charge in [0.05, 0.1) is 0 Å². The molecule has 0 aromatic carbocycles. The van der Waals surface area contributed by atoms with Gasteiger partial charge in [-0.3, -0.25) is 0 Å². The minimum absolute atomic E-state index is 0.904. The number of hydrogen-bond acceptors (Lipinski definition) is 0. The van der Waals surface area contributed by atoms with E-state index in [1.165, 1.54) is 77.0 Å². The van der Waals surface area contributed by atoms with Crippen LogP contribution in [0.1, 0.15) is 136 Å². The van der Waals surface area contributed by atoms with Gasteiger partial charge in [0.2, 0.25) is 0 Å². The van der Waals surface area contributed by atoms with Gasteiger partial charge in [-0.25, -0.2) is 0 Å². The van der Waals surface area contributed by atoms with Crippen LogP contribution in [0.5, 0.6) is 0 Å². The molecule has 0 aliphatic heterocycles. The van der Waals surface area contributed by atoms with E-state index in [4.69, 9.17) is 0 Å². The Labute approximate surface area is 154 Å². The van der Waals surface area contributed by atoms with Gasteiger partial charge in [-0.1, -0.05) is 136 Å². The third kappa shape index (κ3) is 12.4. The summed E-state index contributed by atoms with van der Waals surface area (Å²) in [5.41, 5.74) is 0. The van der Waals surface area contributed by atoms with E-state index in [9.17, 15) is 0 Å². The molecule has 2 fully saturated rings. The van der Waals surface area contributed by atoms with Gasteiger partial charge in [0.25, 0.3) is 0 Å². The lowest BCUT2D eigenvalue weighted by Gasteiger charge is -2.26. The smallest absolute Gasteiger partial charge is 0.0414 e. The van der Waals surface area contributed by atoms with E-state index in [2.05, 4.69) is 20.8 Å². The Bertz CT molecular complexity index is 225. The Morgan fingerprint density at radius 1 is 0.625 bits per heavy atom. The topological polar surface area (TPSA) is 0 Å². The molecular formula is C24H48. The third-order valence-electron chi connectivity index (χ3n) is 6.32. The Morgan fingerprint density at radius 3 is 1.50 bits per heavy atom. The summed E-state index contributed by atoms with van der Waals surface area (Å²) in [5, 5.41) is 0. The first-order chi connectivity index (χ1) is 11.7. The lowest BCUT2D eigenvalue weighted by Crippen LogP contribution is -2.11. The summed E-state index contributed by atoms with van der Waals surface area (Å²) in [6.45, 7) is 6.88. The largest absolute Gasteiger partial charge is 0.0654 e. The van der Waals surface area contributed by atoms with Gasteiger partial charge >= 0.3 is 0 Å². The molecule has 2 saturated carbocycles. The molecule has 0 bridgehead atoms. The molecule has 0 aromatic rings. The molecule has 0 radical (unpaired) electrons. The molecule has 24 heavy (non-hydrogen) atoms. The van der Waals surface area contributed by atoms with Crippen molar-refractivity contribution in [2.45, 2.75) is 136 Å². The summed E-state index contributed by atoms with van der Waals surface area (Å²) < 4.78 is 0. The molecule has 144 valence electrons. The van der Waals surface area contributed by atoms with Gasteiger partial charge < -0.3 is 0 Å². The molecule has 0 heteroatoms. The highest BCUT2D eigenvalue weighted by atomic mass is 14.2. The Kier molecular flexibility index (Phi) is 14.0. The van der Waals surface area contributed by atoms with Crippen molar-refractivity contribution in [1.82, 2.24) is 0 Å². The number of hydrogen-bond donors (Lipinski definition) is 0. The van der Waals surface area contributed by atoms with E-state index in [0.717, 1.165) is 17.8 Å². The van der Waals surface area contributed by atoms with Crippen molar-refractivity contribution in [3.63, 3.8) is 0 Å². The van der Waals surface area contributed by atoms with Gasteiger partial charge in [0.15, 0.2) is 0 Å². The van der Waals surface area contributed by atoms with Crippen LogP contribution in [0.15, 0.2) is 0 Å². The predicted octanol–water partition coefficient (Wildman–Crippen LogP) is 8.93. The summed E-state index contributed by atoms with van der Waals surface area (Å²) in [4.78, 5) is 0. The van der Waals surface area contributed by atoms with Gasteiger partial charge in [-0.2, -0.15) is 0 Å². The maximum atomic E-state index is 2.31. The fraction of sp³-hybridized carbons (Fsp3) is 1.00. The minimum atomic E-state index is 0.904. The maximum absolute atomic E-state index is 2.31. The van der Waals surface area contributed by atoms with Crippen LogP contribution in [0.3, 0.4) is 0 Å². The Morgan fingerprint density at radius 2 is 1.08 bits per heavy atom. The van der Waals surface area contributed by atoms with Gasteiger partial charge in [0, 0.05) is 0 Å². The standard InChI is InChI=1S/C14H26.C10H22/c1-3-7-13(8-4-1)11-12-14-9-5-2-6-10-14;1-4-5-6-7-8-9-10(2)3/h13-14H,1-12H2;10H,4-9H2,1-3H3. The molecule has 0 atom stereocenters. The first-order valence-corrected chi connectivity index (χ1v) is 11.7. The SMILES string of the molecule is C1CCC(CCC2CCCCC2)CC1.CCCCCCCC(C)C. The van der Waals surface area contributed by atoms with Crippen LogP contribution in [0.25, 0.3) is 0 Å². The van der Waals surface area contributed by atoms with Gasteiger partial charge in [-0.15, -0.1) is 0 Å². The second-order valence-electron chi connectivity index (χ2n) is 9.18. The normalized spacial score (nSPS) is 20.0. The van der Waals surface area contributed by atoms with E-state index in [1.807, 2.05) is 0 Å². The Hall–Kier alpha value is 0. The lowest BCUT2D eigenvalue weighted by molar-refractivity contribution is 0.273. The molecule has 0 aromatic heterocycles. The van der Waals surface area contributed by atoms with Crippen molar-refractivity contribution < 1.29 is 0 Å². The second kappa shape index (κ2) is 15.3. The number of unbranched alkanes of at least 4 members (excludes halogenated alkanes) is 4. The predicted molar refractivity (Wildman–Crippen MR) is 111 cm³/mol. The highest BCUT2D eigenvalue weighted by Crippen LogP contribution is 2.33. The van der Waals surface area contributed by atoms with Crippen molar-refractivity contribution in [2.75, 3.05) is 0 Å². The summed E-state index contributed by atoms with van der Waals surface area (Å²) in [7, 11) is 0. The summed E-state index contributed by atoms with van der Waals surface area (Å²) in [5.74, 6) is 3.14. The highest BCUT2D eigenvalue weighted by Gasteiger charge is 2.17. The summed E-state index contributed by atoms with van der Waals surface area (Å²) in [6.07, 6.45) is 27.0. The average molecular weight is 337 g/mol. The highest BCUT2D eigenvalue weighted by molar-refractivity contribution is 4.70. The van der Waals surface area contributed by atoms with E-state index in [-0.39, 0.29) is 0 Å². The van der Waals surface area contributed by atoms with E-state index in [0.29, 0.717) is 0 Å². The lowest BCUT2D eigenvalue weighted by atomic mass is 9.80. The fourth-order valence-corrected chi connectivity index (χ4v) is 4.58. The molecule has 0 amide bonds. The van der Waals surface area contributed by atoms with Crippen molar-refractivity contribution in [2.24, 2.45) is 17.8 Å². The summed E-state index contributed by atoms with van der Waals surface area (Å²) >= 11 is 0. The van der Waals surface area contributed by atoms with Crippen LogP contribution >= 0.6 is 0 Å². The van der Waals surface area contributed by atoms with Crippen molar-refractivity contribution >= 4 is 0 Å². The van der Waals surface area contributed by atoms with E-state index >= 15 is 0 Å². The van der Waals surface area contributed by atoms with E-state index in [1.54, 1.807) is 38.5 Å². The first kappa shape index (κ1) is 22.0. The van der Waals surface area contributed by atoms with Crippen molar-refractivity contribution in [3.8, 4) is 0 Å². The molecular weight excluding hydrogens is 288 g/mol. The zero-order chi connectivity index (χ0) is 17.5. The molecule has 2 aliphatic carbocycles. The van der Waals surface area contributed by atoms with Crippen LogP contribution in [0, 0.1) is 17.8 Å². The fourth-order valence-electron chi connectivity index (χ4n) is 4.58. The molecule has 2 rings (SSSR count). The molecule has 0 heterocycles. The van der Waals surface area contributed by atoms with Crippen molar-refractivity contribution in [3.05, 3.63) is 0 Å². The maximum Gasteiger partial charge on any atom is -0.0414 e. The molecule has 0 spiro atoms. The quantitative estimate of drug-likeness (QED) is 0.368. The van der Waals surface area contributed by atoms with Crippen LogP contribution in [-0.4, -0.2) is 0 Å². The molecule has 0 N–H and O–H groups in total. The zero-order valence-electron chi connectivity index (χ0n) is 17.5. The zero-order valence-corrected chi connectivity index (χ0v) is 17.5. The van der Waals surface area contributed by atoms with E-state index < -0.39 is 0 Å². The average Bonchev–Trinajstić information content (AvgIpc) is 2.62. The van der Waals surface area contributed by atoms with Crippen LogP contribution < -0.4 is 0 Å². The first-order valence-electron chi connectivity index (χ1n) is 11.7. The van der Waals surface area contributed by atoms with Crippen LogP contribution in [0.2, 0.25) is 0 Å². The minimum Gasteiger partial charge on any atom is -0.0654 e. The Balaban J connectivity index is 0.000000257. The number of rotatable bonds is 9. The third-order valence-corrected chi connectivity index (χ3v) is 6.32. The van der Waals surface area contributed by atoms with Gasteiger partial charge in [0.1, 0.15) is 0 Å². The monoisotopic (exact) mass is 336 g/mol. The summed E-state index contributed by atoms with van der Waals surface area (Å²) in [6, 6.07) is 0. The van der Waals surface area contributed by atoms with Gasteiger partial charge in [-0.05, 0) is 17.8 Å². The van der Waals surface area contributed by atoms with Crippen molar-refractivity contribution in [1.29, 1.82) is 0 Å². The molecule has 0 saturated heterocycles. The van der Waals surface area contributed by atoms with Crippen LogP contribution in [-0.2, 0) is 0 Å². The molecule has 0 nitrogen and oxygen atoms in total. The second-order valence-corrected chi connectivity index (χ2v) is 9.18. The van der Waals surface area contributed by atoms with Crippen LogP contribution in [0.4, 0.5) is 0 Å².